The highest BCUT2D eigenvalue weighted by Gasteiger charge is 2.14. The molecule has 0 fully saturated rings. The summed E-state index contributed by atoms with van der Waals surface area (Å²) >= 11 is 0. The third-order valence-electron chi connectivity index (χ3n) is 3.20. The first kappa shape index (κ1) is 11.0. The molecule has 0 aliphatic carbocycles. The molecule has 2 heterocycles. The van der Waals surface area contributed by atoms with E-state index in [-0.39, 0.29) is 5.82 Å². The predicted octanol–water partition coefficient (Wildman–Crippen LogP) is 3.76. The van der Waals surface area contributed by atoms with E-state index in [1.807, 2.05) is 42.5 Å². The van der Waals surface area contributed by atoms with Crippen LogP contribution in [0.5, 0.6) is 0 Å². The van der Waals surface area contributed by atoms with Crippen molar-refractivity contribution >= 4 is 5.65 Å². The van der Waals surface area contributed by atoms with Gasteiger partial charge in [0, 0.05) is 17.0 Å². The summed E-state index contributed by atoms with van der Waals surface area (Å²) in [5.41, 5.74) is 4.18. The van der Waals surface area contributed by atoms with Crippen LogP contribution in [-0.4, -0.2) is 9.38 Å². The molecule has 0 saturated heterocycles. The van der Waals surface area contributed by atoms with Crippen molar-refractivity contribution in [3.05, 3.63) is 59.7 Å². The molecule has 0 aliphatic heterocycles. The van der Waals surface area contributed by atoms with E-state index in [1.54, 1.807) is 12.1 Å². The van der Waals surface area contributed by atoms with Crippen LogP contribution in [0.4, 0.5) is 4.39 Å². The summed E-state index contributed by atoms with van der Waals surface area (Å²) in [6.07, 6.45) is 0. The zero-order chi connectivity index (χ0) is 12.7. The van der Waals surface area contributed by atoms with Crippen LogP contribution >= 0.6 is 0 Å². The molecule has 2 nitrogen and oxygen atoms in total. The second-order valence-corrected chi connectivity index (χ2v) is 4.39. The molecule has 0 bridgehead atoms. The maximum absolute atomic E-state index is 13.8. The number of pyridine rings is 1. The Labute approximate surface area is 105 Å². The molecule has 0 saturated carbocycles. The highest BCUT2D eigenvalue weighted by atomic mass is 19.1. The maximum Gasteiger partial charge on any atom is 0.137 e. The second-order valence-electron chi connectivity index (χ2n) is 4.39. The van der Waals surface area contributed by atoms with Crippen molar-refractivity contribution in [1.29, 1.82) is 0 Å². The standard InChI is InChI=1S/C15H13FN2/c1-10-6-5-9-14-17-15(11(2)18(10)14)12-7-3-4-8-13(12)16/h3-9H,1-2H3. The quantitative estimate of drug-likeness (QED) is 0.633. The molecule has 0 amide bonds. The van der Waals surface area contributed by atoms with E-state index in [0.717, 1.165) is 17.0 Å². The summed E-state index contributed by atoms with van der Waals surface area (Å²) in [6.45, 7) is 3.99. The van der Waals surface area contributed by atoms with Gasteiger partial charge in [-0.1, -0.05) is 18.2 Å². The van der Waals surface area contributed by atoms with Gasteiger partial charge in [0.25, 0.3) is 0 Å². The summed E-state index contributed by atoms with van der Waals surface area (Å²) in [5, 5.41) is 0. The van der Waals surface area contributed by atoms with E-state index in [9.17, 15) is 4.39 Å². The van der Waals surface area contributed by atoms with E-state index in [1.165, 1.54) is 6.07 Å². The van der Waals surface area contributed by atoms with E-state index in [2.05, 4.69) is 4.98 Å². The Hall–Kier alpha value is -2.16. The van der Waals surface area contributed by atoms with Gasteiger partial charge < -0.3 is 4.40 Å². The van der Waals surface area contributed by atoms with Gasteiger partial charge in [-0.25, -0.2) is 9.37 Å². The van der Waals surface area contributed by atoms with Crippen molar-refractivity contribution in [3.63, 3.8) is 0 Å². The Balaban J connectivity index is 2.35. The number of nitrogens with zero attached hydrogens (tertiary/aromatic N) is 2. The molecule has 90 valence electrons. The predicted molar refractivity (Wildman–Crippen MR) is 70.1 cm³/mol. The minimum atomic E-state index is -0.235. The van der Waals surface area contributed by atoms with Gasteiger partial charge >= 0.3 is 0 Å². The largest absolute Gasteiger partial charge is 0.301 e. The molecule has 0 radical (unpaired) electrons. The van der Waals surface area contributed by atoms with Crippen molar-refractivity contribution in [1.82, 2.24) is 9.38 Å². The molecule has 0 unspecified atom stereocenters. The van der Waals surface area contributed by atoms with Gasteiger partial charge in [-0.3, -0.25) is 0 Å². The number of benzene rings is 1. The summed E-state index contributed by atoms with van der Waals surface area (Å²) < 4.78 is 15.9. The SMILES string of the molecule is Cc1cccc2nc(-c3ccccc3F)c(C)n12. The lowest BCUT2D eigenvalue weighted by atomic mass is 10.1. The lowest BCUT2D eigenvalue weighted by Gasteiger charge is -2.03. The van der Waals surface area contributed by atoms with Crippen molar-refractivity contribution in [2.75, 3.05) is 0 Å². The highest BCUT2D eigenvalue weighted by molar-refractivity contribution is 5.67. The van der Waals surface area contributed by atoms with Crippen LogP contribution in [0, 0.1) is 19.7 Å². The molecule has 2 aromatic heterocycles. The fourth-order valence-electron chi connectivity index (χ4n) is 2.34. The first-order valence-electron chi connectivity index (χ1n) is 5.88. The molecule has 0 spiro atoms. The Kier molecular flexibility index (Phi) is 2.40. The molecular formula is C15H13FN2. The lowest BCUT2D eigenvalue weighted by molar-refractivity contribution is 0.630. The molecule has 0 N–H and O–H groups in total. The van der Waals surface area contributed by atoms with Gasteiger partial charge in [-0.2, -0.15) is 0 Å². The Morgan fingerprint density at radius 2 is 1.78 bits per heavy atom. The number of imidazole rings is 1. The van der Waals surface area contributed by atoms with E-state index in [0.29, 0.717) is 11.3 Å². The van der Waals surface area contributed by atoms with E-state index < -0.39 is 0 Å². The Bertz CT molecular complexity index is 728. The normalized spacial score (nSPS) is 11.1. The third-order valence-corrected chi connectivity index (χ3v) is 3.20. The molecule has 0 atom stereocenters. The zero-order valence-corrected chi connectivity index (χ0v) is 10.3. The molecular weight excluding hydrogens is 227 g/mol. The zero-order valence-electron chi connectivity index (χ0n) is 10.3. The first-order chi connectivity index (χ1) is 8.68. The molecule has 1 aromatic carbocycles. The fraction of sp³-hybridized carbons (Fsp3) is 0.133. The van der Waals surface area contributed by atoms with E-state index in [4.69, 9.17) is 0 Å². The number of hydrogen-bond donors (Lipinski definition) is 0. The van der Waals surface area contributed by atoms with Gasteiger partial charge in [0.1, 0.15) is 11.5 Å². The van der Waals surface area contributed by atoms with Crippen LogP contribution in [0.15, 0.2) is 42.5 Å². The Morgan fingerprint density at radius 3 is 2.50 bits per heavy atom. The number of aromatic nitrogens is 2. The number of halogens is 1. The third kappa shape index (κ3) is 1.51. The van der Waals surface area contributed by atoms with Crippen LogP contribution in [0.3, 0.4) is 0 Å². The minimum absolute atomic E-state index is 0.235. The average molecular weight is 240 g/mol. The van der Waals surface area contributed by atoms with Crippen molar-refractivity contribution in [2.24, 2.45) is 0 Å². The van der Waals surface area contributed by atoms with Crippen LogP contribution in [-0.2, 0) is 0 Å². The molecule has 18 heavy (non-hydrogen) atoms. The van der Waals surface area contributed by atoms with Crippen molar-refractivity contribution in [3.8, 4) is 11.3 Å². The van der Waals surface area contributed by atoms with Crippen LogP contribution < -0.4 is 0 Å². The minimum Gasteiger partial charge on any atom is -0.301 e. The van der Waals surface area contributed by atoms with E-state index >= 15 is 0 Å². The molecule has 3 aromatic rings. The molecule has 3 rings (SSSR count). The van der Waals surface area contributed by atoms with Gasteiger partial charge in [0.15, 0.2) is 0 Å². The average Bonchev–Trinajstić information content (AvgIpc) is 2.69. The number of hydrogen-bond acceptors (Lipinski definition) is 1. The molecule has 3 heteroatoms. The summed E-state index contributed by atoms with van der Waals surface area (Å²) in [6, 6.07) is 12.7. The van der Waals surface area contributed by atoms with Gasteiger partial charge in [-0.15, -0.1) is 0 Å². The van der Waals surface area contributed by atoms with Gasteiger partial charge in [-0.05, 0) is 38.1 Å². The first-order valence-corrected chi connectivity index (χ1v) is 5.88. The smallest absolute Gasteiger partial charge is 0.137 e. The lowest BCUT2D eigenvalue weighted by Crippen LogP contribution is -1.93. The molecule has 0 aliphatic rings. The summed E-state index contributed by atoms with van der Waals surface area (Å²) in [5.74, 6) is -0.235. The van der Waals surface area contributed by atoms with Crippen molar-refractivity contribution in [2.45, 2.75) is 13.8 Å². The highest BCUT2D eigenvalue weighted by Crippen LogP contribution is 2.26. The fourth-order valence-corrected chi connectivity index (χ4v) is 2.34. The van der Waals surface area contributed by atoms with Crippen LogP contribution in [0.1, 0.15) is 11.4 Å². The van der Waals surface area contributed by atoms with Crippen molar-refractivity contribution < 1.29 is 4.39 Å². The van der Waals surface area contributed by atoms with Crippen LogP contribution in [0.2, 0.25) is 0 Å². The summed E-state index contributed by atoms with van der Waals surface area (Å²) in [4.78, 5) is 4.53. The number of fused-ring (bicyclic) bond motifs is 1. The van der Waals surface area contributed by atoms with Gasteiger partial charge in [0.2, 0.25) is 0 Å². The number of aryl methyl sites for hydroxylation is 2. The summed E-state index contributed by atoms with van der Waals surface area (Å²) in [7, 11) is 0. The second kappa shape index (κ2) is 3.95. The Morgan fingerprint density at radius 1 is 1.00 bits per heavy atom. The topological polar surface area (TPSA) is 17.3 Å². The number of rotatable bonds is 1. The monoisotopic (exact) mass is 240 g/mol. The van der Waals surface area contributed by atoms with Gasteiger partial charge in [0.05, 0.1) is 5.69 Å². The van der Waals surface area contributed by atoms with Crippen LogP contribution in [0.25, 0.3) is 16.9 Å². The maximum atomic E-state index is 13.8.